The van der Waals surface area contributed by atoms with Crippen molar-refractivity contribution in [1.29, 1.82) is 0 Å². The van der Waals surface area contributed by atoms with Gasteiger partial charge in [-0.05, 0) is 34.2 Å². The quantitative estimate of drug-likeness (QED) is 0.360. The molecule has 0 fully saturated rings. The second kappa shape index (κ2) is 4.43. The van der Waals surface area contributed by atoms with Crippen LogP contribution >= 0.6 is 45.8 Å². The third-order valence-corrected chi connectivity index (χ3v) is 2.78. The fourth-order valence-corrected chi connectivity index (χ4v) is 2.06. The van der Waals surface area contributed by atoms with Crippen molar-refractivity contribution in [2.45, 2.75) is 5.88 Å². The van der Waals surface area contributed by atoms with Gasteiger partial charge in [0.15, 0.2) is 0 Å². The van der Waals surface area contributed by atoms with Crippen LogP contribution in [0.5, 0.6) is 0 Å². The van der Waals surface area contributed by atoms with Crippen molar-refractivity contribution in [1.82, 2.24) is 0 Å². The molecule has 0 aromatic heterocycles. The van der Waals surface area contributed by atoms with Crippen LogP contribution in [0.15, 0.2) is 12.1 Å². The summed E-state index contributed by atoms with van der Waals surface area (Å²) in [6.07, 6.45) is 0. The first-order chi connectivity index (χ1) is 6.06. The van der Waals surface area contributed by atoms with E-state index in [-0.39, 0.29) is 16.6 Å². The van der Waals surface area contributed by atoms with E-state index < -0.39 is 4.92 Å². The van der Waals surface area contributed by atoms with Crippen molar-refractivity contribution in [2.75, 3.05) is 0 Å². The average Bonchev–Trinajstić information content (AvgIpc) is 2.08. The fourth-order valence-electron chi connectivity index (χ4n) is 0.860. The molecular formula is C7H4Cl2INO2. The topological polar surface area (TPSA) is 43.1 Å². The first kappa shape index (κ1) is 11.0. The van der Waals surface area contributed by atoms with Crippen molar-refractivity contribution in [3.8, 4) is 0 Å². The van der Waals surface area contributed by atoms with Crippen LogP contribution in [-0.2, 0) is 5.88 Å². The largest absolute Gasteiger partial charge is 0.289 e. The number of hydrogen-bond donors (Lipinski definition) is 0. The molecule has 6 heteroatoms. The van der Waals surface area contributed by atoms with Crippen molar-refractivity contribution >= 4 is 51.5 Å². The fraction of sp³-hybridized carbons (Fsp3) is 0.143. The van der Waals surface area contributed by atoms with Gasteiger partial charge < -0.3 is 0 Å². The smallest absolute Gasteiger partial charge is 0.258 e. The monoisotopic (exact) mass is 331 g/mol. The molecule has 13 heavy (non-hydrogen) atoms. The highest BCUT2D eigenvalue weighted by atomic mass is 127. The number of nitrogens with zero attached hydrogens (tertiary/aromatic N) is 1. The lowest BCUT2D eigenvalue weighted by atomic mass is 10.2. The second-order valence-electron chi connectivity index (χ2n) is 2.29. The van der Waals surface area contributed by atoms with Crippen LogP contribution in [0.1, 0.15) is 5.56 Å². The molecule has 0 saturated carbocycles. The van der Waals surface area contributed by atoms with Gasteiger partial charge in [0.05, 0.1) is 4.92 Å². The number of benzene rings is 1. The maximum Gasteiger partial charge on any atom is 0.289 e. The van der Waals surface area contributed by atoms with Gasteiger partial charge in [-0.25, -0.2) is 0 Å². The maximum absolute atomic E-state index is 10.5. The van der Waals surface area contributed by atoms with Crippen LogP contribution in [0.3, 0.4) is 0 Å². The Morgan fingerprint density at radius 3 is 2.62 bits per heavy atom. The highest BCUT2D eigenvalue weighted by molar-refractivity contribution is 14.1. The van der Waals surface area contributed by atoms with Crippen LogP contribution in [0, 0.1) is 13.7 Å². The number of nitro groups is 1. The lowest BCUT2D eigenvalue weighted by molar-refractivity contribution is -0.384. The third-order valence-electron chi connectivity index (χ3n) is 1.43. The molecule has 0 aliphatic carbocycles. The lowest BCUT2D eigenvalue weighted by Gasteiger charge is -2.01. The molecule has 0 N–H and O–H groups in total. The molecule has 0 atom stereocenters. The SMILES string of the molecule is O=[N+]([O-])c1cc(I)cc(CCl)c1Cl. The van der Waals surface area contributed by atoms with Gasteiger partial charge in [0.1, 0.15) is 5.02 Å². The molecule has 0 aliphatic rings. The molecule has 1 aromatic carbocycles. The molecule has 0 heterocycles. The van der Waals surface area contributed by atoms with Gasteiger partial charge in [0, 0.05) is 15.5 Å². The summed E-state index contributed by atoms with van der Waals surface area (Å²) in [7, 11) is 0. The normalized spacial score (nSPS) is 10.1. The Hall–Kier alpha value is -0.0700. The minimum Gasteiger partial charge on any atom is -0.258 e. The molecule has 0 bridgehead atoms. The Bertz CT molecular complexity index is 357. The van der Waals surface area contributed by atoms with Crippen molar-refractivity contribution in [3.05, 3.63) is 36.4 Å². The van der Waals surface area contributed by atoms with E-state index >= 15 is 0 Å². The molecule has 0 saturated heterocycles. The predicted octanol–water partition coefficient (Wildman–Crippen LogP) is 3.59. The second-order valence-corrected chi connectivity index (χ2v) is 4.18. The van der Waals surface area contributed by atoms with Crippen molar-refractivity contribution < 1.29 is 4.92 Å². The van der Waals surface area contributed by atoms with Crippen molar-refractivity contribution in [2.24, 2.45) is 0 Å². The van der Waals surface area contributed by atoms with Crippen LogP contribution in [-0.4, -0.2) is 4.92 Å². The van der Waals surface area contributed by atoms with Gasteiger partial charge in [-0.3, -0.25) is 10.1 Å². The Morgan fingerprint density at radius 1 is 1.54 bits per heavy atom. The zero-order valence-corrected chi connectivity index (χ0v) is 9.93. The summed E-state index contributed by atoms with van der Waals surface area (Å²) in [5.74, 6) is 0.177. The number of hydrogen-bond acceptors (Lipinski definition) is 2. The summed E-state index contributed by atoms with van der Waals surface area (Å²) in [6, 6.07) is 3.14. The molecule has 1 aromatic rings. The maximum atomic E-state index is 10.5. The molecule has 0 amide bonds. The minimum absolute atomic E-state index is 0.0933. The van der Waals surface area contributed by atoms with Gasteiger partial charge >= 0.3 is 0 Å². The molecule has 1 rings (SSSR count). The Morgan fingerprint density at radius 2 is 2.15 bits per heavy atom. The summed E-state index contributed by atoms with van der Waals surface area (Å²) in [6.45, 7) is 0. The number of halogens is 3. The summed E-state index contributed by atoms with van der Waals surface area (Å²) in [5.41, 5.74) is 0.492. The lowest BCUT2D eigenvalue weighted by Crippen LogP contribution is -1.93. The predicted molar refractivity (Wildman–Crippen MR) is 60.4 cm³/mol. The van der Waals surface area contributed by atoms with E-state index in [4.69, 9.17) is 23.2 Å². The molecule has 0 spiro atoms. The highest BCUT2D eigenvalue weighted by Gasteiger charge is 2.16. The molecule has 0 radical (unpaired) electrons. The van der Waals surface area contributed by atoms with Crippen LogP contribution < -0.4 is 0 Å². The van der Waals surface area contributed by atoms with E-state index in [2.05, 4.69) is 0 Å². The van der Waals surface area contributed by atoms with E-state index in [1.807, 2.05) is 22.6 Å². The molecule has 0 unspecified atom stereocenters. The van der Waals surface area contributed by atoms with Crippen LogP contribution in [0.2, 0.25) is 5.02 Å². The summed E-state index contributed by atoms with van der Waals surface area (Å²) < 4.78 is 0.754. The molecule has 3 nitrogen and oxygen atoms in total. The van der Waals surface area contributed by atoms with E-state index in [1.54, 1.807) is 6.07 Å². The highest BCUT2D eigenvalue weighted by Crippen LogP contribution is 2.31. The van der Waals surface area contributed by atoms with Crippen molar-refractivity contribution in [3.63, 3.8) is 0 Å². The first-order valence-corrected chi connectivity index (χ1v) is 5.23. The van der Waals surface area contributed by atoms with E-state index in [0.29, 0.717) is 5.56 Å². The van der Waals surface area contributed by atoms with Gasteiger partial charge in [-0.1, -0.05) is 11.6 Å². The standard InChI is InChI=1S/C7H4Cl2INO2/c8-3-4-1-5(10)2-6(7(4)9)11(12)13/h1-2H,3H2. The van der Waals surface area contributed by atoms with E-state index in [9.17, 15) is 10.1 Å². The van der Waals surface area contributed by atoms with Gasteiger partial charge in [0.25, 0.3) is 5.69 Å². The zero-order chi connectivity index (χ0) is 10.0. The summed E-state index contributed by atoms with van der Waals surface area (Å²) in [4.78, 5) is 10.0. The Labute approximate surface area is 98.3 Å². The Balaban J connectivity index is 3.35. The summed E-state index contributed by atoms with van der Waals surface area (Å²) in [5, 5.41) is 10.6. The first-order valence-electron chi connectivity index (χ1n) is 3.24. The molecular weight excluding hydrogens is 328 g/mol. The molecule has 0 aliphatic heterocycles. The van der Waals surface area contributed by atoms with Gasteiger partial charge in [-0.2, -0.15) is 0 Å². The minimum atomic E-state index is -0.513. The van der Waals surface area contributed by atoms with E-state index in [1.165, 1.54) is 6.07 Å². The van der Waals surface area contributed by atoms with Gasteiger partial charge in [-0.15, -0.1) is 11.6 Å². The summed E-state index contributed by atoms with van der Waals surface area (Å²) >= 11 is 13.3. The Kier molecular flexibility index (Phi) is 3.75. The van der Waals surface area contributed by atoms with Crippen LogP contribution in [0.4, 0.5) is 5.69 Å². The number of rotatable bonds is 2. The van der Waals surface area contributed by atoms with Gasteiger partial charge in [0.2, 0.25) is 0 Å². The average molecular weight is 332 g/mol. The number of alkyl halides is 1. The molecule has 70 valence electrons. The number of nitro benzene ring substituents is 1. The van der Waals surface area contributed by atoms with Crippen LogP contribution in [0.25, 0.3) is 0 Å². The van der Waals surface area contributed by atoms with E-state index in [0.717, 1.165) is 3.57 Å². The third kappa shape index (κ3) is 2.45. The zero-order valence-electron chi connectivity index (χ0n) is 6.26.